The summed E-state index contributed by atoms with van der Waals surface area (Å²) < 4.78 is 4.78. The van der Waals surface area contributed by atoms with Crippen molar-refractivity contribution in [1.29, 1.82) is 0 Å². The molecule has 1 atom stereocenters. The fourth-order valence-electron chi connectivity index (χ4n) is 1.77. The number of halogens is 1. The van der Waals surface area contributed by atoms with E-state index < -0.39 is 42.0 Å². The van der Waals surface area contributed by atoms with Gasteiger partial charge in [-0.2, -0.15) is 0 Å². The lowest BCUT2D eigenvalue weighted by Crippen LogP contribution is -2.49. The van der Waals surface area contributed by atoms with Crippen molar-refractivity contribution in [3.05, 3.63) is 34.9 Å². The molecule has 0 aromatic heterocycles. The molecule has 26 heavy (non-hydrogen) atoms. The molecule has 0 fully saturated rings. The van der Waals surface area contributed by atoms with Crippen molar-refractivity contribution in [1.82, 2.24) is 16.0 Å². The molecule has 0 saturated heterocycles. The molecule has 142 valence electrons. The number of amides is 4. The third kappa shape index (κ3) is 7.52. The molecule has 0 radical (unpaired) electrons. The van der Waals surface area contributed by atoms with E-state index in [1.807, 2.05) is 5.32 Å². The first kappa shape index (κ1) is 21.4. The maximum atomic E-state index is 12.1. The average molecular weight is 384 g/mol. The smallest absolute Gasteiger partial charge is 0.328 e. The third-order valence-electron chi connectivity index (χ3n) is 2.91. The van der Waals surface area contributed by atoms with Gasteiger partial charge in [-0.05, 0) is 39.8 Å². The second-order valence-electron chi connectivity index (χ2n) is 6.54. The van der Waals surface area contributed by atoms with Gasteiger partial charge < -0.3 is 15.4 Å². The summed E-state index contributed by atoms with van der Waals surface area (Å²) in [5.74, 6) is -2.16. The van der Waals surface area contributed by atoms with Crippen molar-refractivity contribution in [2.24, 2.45) is 0 Å². The minimum atomic E-state index is -1.00. The van der Waals surface area contributed by atoms with Crippen LogP contribution in [0.1, 0.15) is 38.1 Å². The van der Waals surface area contributed by atoms with Gasteiger partial charge in [0.05, 0.1) is 10.6 Å². The number of carbonyl (C=O) groups is 4. The number of nitrogens with one attached hydrogen (secondary N) is 3. The topological polar surface area (TPSA) is 114 Å². The standard InChI is InChI=1S/C17H22ClN3O5/c1-10(19-14(23)11-7-5-6-8-12(11)18)15(24)26-9-13(22)20-16(25)21-17(2,3)4/h5-8,10H,9H2,1-4H3,(H,19,23)(H2,20,21,22,25)/t10-/m0/s1. The van der Waals surface area contributed by atoms with Crippen LogP contribution in [0.3, 0.4) is 0 Å². The summed E-state index contributed by atoms with van der Waals surface area (Å²) in [5.41, 5.74) is -0.302. The minimum absolute atomic E-state index is 0.213. The summed E-state index contributed by atoms with van der Waals surface area (Å²) in [6.45, 7) is 6.01. The molecule has 1 rings (SSSR count). The molecule has 3 N–H and O–H groups in total. The predicted molar refractivity (Wildman–Crippen MR) is 95.8 cm³/mol. The van der Waals surface area contributed by atoms with Crippen LogP contribution in [-0.4, -0.2) is 42.0 Å². The molecule has 0 heterocycles. The summed E-state index contributed by atoms with van der Waals surface area (Å²) in [7, 11) is 0. The molecule has 1 aromatic carbocycles. The average Bonchev–Trinajstić information content (AvgIpc) is 2.50. The number of hydrogen-bond acceptors (Lipinski definition) is 5. The van der Waals surface area contributed by atoms with Gasteiger partial charge in [0, 0.05) is 5.54 Å². The molecule has 0 spiro atoms. The zero-order valence-electron chi connectivity index (χ0n) is 15.0. The number of rotatable bonds is 5. The van der Waals surface area contributed by atoms with E-state index in [0.29, 0.717) is 0 Å². The fraction of sp³-hybridized carbons (Fsp3) is 0.412. The molecule has 0 bridgehead atoms. The van der Waals surface area contributed by atoms with Crippen LogP contribution in [0.5, 0.6) is 0 Å². The number of benzene rings is 1. The van der Waals surface area contributed by atoms with E-state index >= 15 is 0 Å². The van der Waals surface area contributed by atoms with E-state index in [1.54, 1.807) is 39.0 Å². The second-order valence-corrected chi connectivity index (χ2v) is 6.94. The van der Waals surface area contributed by atoms with E-state index in [0.717, 1.165) is 0 Å². The van der Waals surface area contributed by atoms with Gasteiger partial charge in [-0.25, -0.2) is 9.59 Å². The predicted octanol–water partition coefficient (Wildman–Crippen LogP) is 1.63. The Morgan fingerprint density at radius 3 is 2.35 bits per heavy atom. The van der Waals surface area contributed by atoms with Crippen molar-refractivity contribution in [2.75, 3.05) is 6.61 Å². The maximum Gasteiger partial charge on any atom is 0.328 e. The summed E-state index contributed by atoms with van der Waals surface area (Å²) in [5, 5.41) is 7.23. The van der Waals surface area contributed by atoms with Crippen LogP contribution in [0.2, 0.25) is 5.02 Å². The van der Waals surface area contributed by atoms with Gasteiger partial charge in [-0.1, -0.05) is 23.7 Å². The number of urea groups is 1. The number of hydrogen-bond donors (Lipinski definition) is 3. The Morgan fingerprint density at radius 2 is 1.77 bits per heavy atom. The van der Waals surface area contributed by atoms with Crippen LogP contribution >= 0.6 is 11.6 Å². The second kappa shape index (κ2) is 9.19. The Balaban J connectivity index is 2.45. The fourth-order valence-corrected chi connectivity index (χ4v) is 2.00. The van der Waals surface area contributed by atoms with Crippen molar-refractivity contribution < 1.29 is 23.9 Å². The summed E-state index contributed by atoms with van der Waals surface area (Å²) in [4.78, 5) is 47.1. The summed E-state index contributed by atoms with van der Waals surface area (Å²) in [6, 6.07) is 4.67. The third-order valence-corrected chi connectivity index (χ3v) is 3.24. The van der Waals surface area contributed by atoms with Gasteiger partial charge >= 0.3 is 12.0 Å². The first-order valence-electron chi connectivity index (χ1n) is 7.83. The lowest BCUT2D eigenvalue weighted by molar-refractivity contribution is -0.149. The molecule has 0 aliphatic carbocycles. The number of ether oxygens (including phenoxy) is 1. The van der Waals surface area contributed by atoms with E-state index in [1.165, 1.54) is 13.0 Å². The Bertz CT molecular complexity index is 700. The van der Waals surface area contributed by atoms with Gasteiger partial charge in [0.15, 0.2) is 6.61 Å². The van der Waals surface area contributed by atoms with E-state index in [2.05, 4.69) is 10.6 Å². The zero-order chi connectivity index (χ0) is 19.9. The zero-order valence-corrected chi connectivity index (χ0v) is 15.8. The number of imide groups is 1. The van der Waals surface area contributed by atoms with Gasteiger partial charge in [0.25, 0.3) is 11.8 Å². The van der Waals surface area contributed by atoms with Crippen LogP contribution < -0.4 is 16.0 Å². The number of carbonyl (C=O) groups excluding carboxylic acids is 4. The largest absolute Gasteiger partial charge is 0.454 e. The van der Waals surface area contributed by atoms with Crippen LogP contribution in [0.4, 0.5) is 4.79 Å². The Labute approximate surface area is 156 Å². The number of esters is 1. The van der Waals surface area contributed by atoms with Gasteiger partial charge in [-0.15, -0.1) is 0 Å². The first-order chi connectivity index (χ1) is 12.0. The Hall–Kier alpha value is -2.61. The first-order valence-corrected chi connectivity index (χ1v) is 8.21. The highest BCUT2D eigenvalue weighted by molar-refractivity contribution is 6.33. The molecule has 8 nitrogen and oxygen atoms in total. The van der Waals surface area contributed by atoms with Crippen molar-refractivity contribution in [3.63, 3.8) is 0 Å². The Kier molecular flexibility index (Phi) is 7.57. The highest BCUT2D eigenvalue weighted by Gasteiger charge is 2.21. The highest BCUT2D eigenvalue weighted by atomic mass is 35.5. The van der Waals surface area contributed by atoms with Crippen LogP contribution in [-0.2, 0) is 14.3 Å². The molecule has 0 aliphatic heterocycles. The normalized spacial score (nSPS) is 11.9. The molecule has 0 unspecified atom stereocenters. The van der Waals surface area contributed by atoms with Crippen molar-refractivity contribution in [3.8, 4) is 0 Å². The van der Waals surface area contributed by atoms with Crippen LogP contribution in [0.15, 0.2) is 24.3 Å². The molecule has 1 aromatic rings. The SMILES string of the molecule is C[C@H](NC(=O)c1ccccc1Cl)C(=O)OCC(=O)NC(=O)NC(C)(C)C. The Morgan fingerprint density at radius 1 is 1.15 bits per heavy atom. The van der Waals surface area contributed by atoms with Crippen LogP contribution in [0.25, 0.3) is 0 Å². The molecular weight excluding hydrogens is 362 g/mol. The van der Waals surface area contributed by atoms with Crippen LogP contribution in [0, 0.1) is 0 Å². The van der Waals surface area contributed by atoms with E-state index in [-0.39, 0.29) is 10.6 Å². The van der Waals surface area contributed by atoms with E-state index in [9.17, 15) is 19.2 Å². The monoisotopic (exact) mass is 383 g/mol. The summed E-state index contributed by atoms with van der Waals surface area (Å²) >= 11 is 5.91. The van der Waals surface area contributed by atoms with Crippen molar-refractivity contribution >= 4 is 35.4 Å². The lowest BCUT2D eigenvalue weighted by atomic mass is 10.1. The lowest BCUT2D eigenvalue weighted by Gasteiger charge is -2.20. The molecule has 0 aliphatic rings. The van der Waals surface area contributed by atoms with Gasteiger partial charge in [0.1, 0.15) is 6.04 Å². The summed E-state index contributed by atoms with van der Waals surface area (Å²) in [6.07, 6.45) is 0. The highest BCUT2D eigenvalue weighted by Crippen LogP contribution is 2.14. The van der Waals surface area contributed by atoms with Crippen molar-refractivity contribution in [2.45, 2.75) is 39.3 Å². The molecule has 0 saturated carbocycles. The molecular formula is C17H22ClN3O5. The van der Waals surface area contributed by atoms with Gasteiger partial charge in [-0.3, -0.25) is 14.9 Å². The molecule has 4 amide bonds. The molecule has 9 heteroatoms. The minimum Gasteiger partial charge on any atom is -0.454 e. The van der Waals surface area contributed by atoms with Gasteiger partial charge in [0.2, 0.25) is 0 Å². The quantitative estimate of drug-likeness (QED) is 0.668. The van der Waals surface area contributed by atoms with E-state index in [4.69, 9.17) is 16.3 Å². The maximum absolute atomic E-state index is 12.1.